The summed E-state index contributed by atoms with van der Waals surface area (Å²) in [5.41, 5.74) is 1.58. The molecule has 3 rings (SSSR count). The van der Waals surface area contributed by atoms with E-state index < -0.39 is 0 Å². The van der Waals surface area contributed by atoms with Crippen molar-refractivity contribution in [1.29, 1.82) is 0 Å². The van der Waals surface area contributed by atoms with Gasteiger partial charge in [-0.25, -0.2) is 9.97 Å². The molecule has 0 unspecified atom stereocenters. The van der Waals surface area contributed by atoms with Gasteiger partial charge >= 0.3 is 0 Å². The quantitative estimate of drug-likeness (QED) is 0.747. The summed E-state index contributed by atoms with van der Waals surface area (Å²) in [4.78, 5) is 20.6. The number of carbonyl (C=O) groups is 1. The molecule has 0 fully saturated rings. The number of aromatic nitrogens is 4. The van der Waals surface area contributed by atoms with E-state index in [4.69, 9.17) is 0 Å². The molecule has 0 saturated heterocycles. The fourth-order valence-electron chi connectivity index (χ4n) is 2.27. The number of rotatable bonds is 5. The van der Waals surface area contributed by atoms with Gasteiger partial charge in [-0.15, -0.1) is 0 Å². The molecule has 0 spiro atoms. The standard InChI is InChI=1S/C16H16BrN5O/c1-2-21-10-13(17)7-14(21)16(23)20-9-12-3-4-15(19-8-12)22-6-5-18-11-22/h3-8,10-11H,2,9H2,1H3,(H,20,23). The van der Waals surface area contributed by atoms with E-state index in [9.17, 15) is 4.79 Å². The van der Waals surface area contributed by atoms with Crippen molar-refractivity contribution < 1.29 is 4.79 Å². The van der Waals surface area contributed by atoms with Gasteiger partial charge in [0.05, 0.1) is 0 Å². The molecule has 3 aromatic rings. The summed E-state index contributed by atoms with van der Waals surface area (Å²) >= 11 is 3.40. The Bertz CT molecular complexity index is 793. The molecule has 1 N–H and O–H groups in total. The number of carbonyl (C=O) groups excluding carboxylic acids is 1. The normalized spacial score (nSPS) is 10.7. The number of nitrogens with one attached hydrogen (secondary N) is 1. The molecule has 3 aromatic heterocycles. The van der Waals surface area contributed by atoms with E-state index in [0.29, 0.717) is 12.2 Å². The van der Waals surface area contributed by atoms with Gasteiger partial charge in [-0.2, -0.15) is 0 Å². The molecule has 0 aliphatic rings. The maximum atomic E-state index is 12.3. The van der Waals surface area contributed by atoms with Gasteiger partial charge in [-0.05, 0) is 40.5 Å². The Hall–Kier alpha value is -2.41. The summed E-state index contributed by atoms with van der Waals surface area (Å²) in [7, 11) is 0. The minimum Gasteiger partial charge on any atom is -0.347 e. The van der Waals surface area contributed by atoms with Gasteiger partial charge in [0, 0.05) is 42.3 Å². The fraction of sp³-hybridized carbons (Fsp3) is 0.188. The molecule has 118 valence electrons. The van der Waals surface area contributed by atoms with Crippen LogP contribution in [0.1, 0.15) is 23.0 Å². The number of halogens is 1. The molecule has 0 saturated carbocycles. The largest absolute Gasteiger partial charge is 0.347 e. The predicted molar refractivity (Wildman–Crippen MR) is 90.3 cm³/mol. The highest BCUT2D eigenvalue weighted by Crippen LogP contribution is 2.15. The lowest BCUT2D eigenvalue weighted by Crippen LogP contribution is -2.25. The lowest BCUT2D eigenvalue weighted by molar-refractivity contribution is 0.0941. The Balaban J connectivity index is 1.65. The number of hydrogen-bond acceptors (Lipinski definition) is 3. The van der Waals surface area contributed by atoms with Crippen molar-refractivity contribution in [1.82, 2.24) is 24.4 Å². The van der Waals surface area contributed by atoms with Crippen LogP contribution in [0.2, 0.25) is 0 Å². The van der Waals surface area contributed by atoms with Crippen LogP contribution < -0.4 is 5.32 Å². The van der Waals surface area contributed by atoms with Crippen molar-refractivity contribution in [3.63, 3.8) is 0 Å². The van der Waals surface area contributed by atoms with Crippen molar-refractivity contribution in [3.05, 3.63) is 65.0 Å². The lowest BCUT2D eigenvalue weighted by atomic mass is 10.2. The molecular formula is C16H16BrN5O. The van der Waals surface area contributed by atoms with E-state index in [2.05, 4.69) is 31.2 Å². The highest BCUT2D eigenvalue weighted by Gasteiger charge is 2.12. The topological polar surface area (TPSA) is 64.7 Å². The second kappa shape index (κ2) is 6.78. The Kier molecular flexibility index (Phi) is 4.57. The van der Waals surface area contributed by atoms with Gasteiger partial charge in [0.2, 0.25) is 0 Å². The van der Waals surface area contributed by atoms with Crippen LogP contribution in [0.4, 0.5) is 0 Å². The number of imidazole rings is 1. The smallest absolute Gasteiger partial charge is 0.268 e. The van der Waals surface area contributed by atoms with Crippen LogP contribution in [-0.4, -0.2) is 25.0 Å². The first-order valence-electron chi connectivity index (χ1n) is 7.24. The maximum Gasteiger partial charge on any atom is 0.268 e. The van der Waals surface area contributed by atoms with Crippen LogP contribution in [0.5, 0.6) is 0 Å². The summed E-state index contributed by atoms with van der Waals surface area (Å²) < 4.78 is 4.63. The van der Waals surface area contributed by atoms with Gasteiger partial charge in [0.15, 0.2) is 0 Å². The highest BCUT2D eigenvalue weighted by molar-refractivity contribution is 9.10. The van der Waals surface area contributed by atoms with Crippen molar-refractivity contribution >= 4 is 21.8 Å². The van der Waals surface area contributed by atoms with E-state index in [0.717, 1.165) is 22.4 Å². The Morgan fingerprint density at radius 3 is 2.91 bits per heavy atom. The van der Waals surface area contributed by atoms with Gasteiger partial charge in [0.1, 0.15) is 17.8 Å². The van der Waals surface area contributed by atoms with Gasteiger partial charge in [-0.3, -0.25) is 9.36 Å². The SMILES string of the molecule is CCn1cc(Br)cc1C(=O)NCc1ccc(-n2ccnc2)nc1. The molecule has 0 radical (unpaired) electrons. The van der Waals surface area contributed by atoms with Gasteiger partial charge in [-0.1, -0.05) is 6.07 Å². The highest BCUT2D eigenvalue weighted by atomic mass is 79.9. The lowest BCUT2D eigenvalue weighted by Gasteiger charge is -2.08. The zero-order chi connectivity index (χ0) is 16.2. The first-order valence-corrected chi connectivity index (χ1v) is 8.04. The summed E-state index contributed by atoms with van der Waals surface area (Å²) in [6.07, 6.45) is 8.89. The minimum atomic E-state index is -0.101. The summed E-state index contributed by atoms with van der Waals surface area (Å²) in [6.45, 7) is 3.18. The molecule has 0 atom stereocenters. The fourth-order valence-corrected chi connectivity index (χ4v) is 2.73. The van der Waals surface area contributed by atoms with E-state index in [-0.39, 0.29) is 5.91 Å². The zero-order valence-electron chi connectivity index (χ0n) is 12.6. The van der Waals surface area contributed by atoms with E-state index in [1.165, 1.54) is 0 Å². The molecular weight excluding hydrogens is 358 g/mol. The first kappa shape index (κ1) is 15.5. The van der Waals surface area contributed by atoms with Crippen LogP contribution in [0.3, 0.4) is 0 Å². The molecule has 0 aliphatic carbocycles. The minimum absolute atomic E-state index is 0.101. The molecule has 3 heterocycles. The number of aryl methyl sites for hydroxylation is 1. The summed E-state index contributed by atoms with van der Waals surface area (Å²) in [5, 5.41) is 2.92. The average Bonchev–Trinajstić information content (AvgIpc) is 3.22. The summed E-state index contributed by atoms with van der Waals surface area (Å²) in [5.74, 6) is 0.692. The molecule has 6 nitrogen and oxygen atoms in total. The molecule has 23 heavy (non-hydrogen) atoms. The monoisotopic (exact) mass is 373 g/mol. The van der Waals surface area contributed by atoms with Crippen LogP contribution in [-0.2, 0) is 13.1 Å². The van der Waals surface area contributed by atoms with Crippen molar-refractivity contribution in [2.45, 2.75) is 20.0 Å². The third-order valence-electron chi connectivity index (χ3n) is 3.47. The van der Waals surface area contributed by atoms with Crippen LogP contribution in [0.15, 0.2) is 53.8 Å². The van der Waals surface area contributed by atoms with Crippen molar-refractivity contribution in [2.75, 3.05) is 0 Å². The predicted octanol–water partition coefficient (Wildman–Crippen LogP) is 2.78. The third-order valence-corrected chi connectivity index (χ3v) is 3.90. The van der Waals surface area contributed by atoms with Gasteiger partial charge in [0.25, 0.3) is 5.91 Å². The Morgan fingerprint density at radius 2 is 2.26 bits per heavy atom. The maximum absolute atomic E-state index is 12.3. The second-order valence-corrected chi connectivity index (χ2v) is 5.92. The number of pyridine rings is 1. The van der Waals surface area contributed by atoms with E-state index >= 15 is 0 Å². The van der Waals surface area contributed by atoms with Crippen molar-refractivity contribution in [2.24, 2.45) is 0 Å². The molecule has 1 amide bonds. The van der Waals surface area contributed by atoms with E-state index in [1.54, 1.807) is 18.7 Å². The first-order chi connectivity index (χ1) is 11.2. The number of nitrogens with zero attached hydrogens (tertiary/aromatic N) is 4. The van der Waals surface area contributed by atoms with Crippen LogP contribution >= 0.6 is 15.9 Å². The summed E-state index contributed by atoms with van der Waals surface area (Å²) in [6, 6.07) is 5.66. The average molecular weight is 374 g/mol. The molecule has 0 aliphatic heterocycles. The Labute approximate surface area is 142 Å². The van der Waals surface area contributed by atoms with Crippen molar-refractivity contribution in [3.8, 4) is 5.82 Å². The molecule has 0 bridgehead atoms. The van der Waals surface area contributed by atoms with Crippen LogP contribution in [0.25, 0.3) is 5.82 Å². The van der Waals surface area contributed by atoms with Gasteiger partial charge < -0.3 is 9.88 Å². The zero-order valence-corrected chi connectivity index (χ0v) is 14.2. The van der Waals surface area contributed by atoms with Crippen LogP contribution in [0, 0.1) is 0 Å². The molecule has 0 aromatic carbocycles. The second-order valence-electron chi connectivity index (χ2n) is 5.01. The molecule has 7 heteroatoms. The van der Waals surface area contributed by atoms with E-state index in [1.807, 2.05) is 46.7 Å². The third kappa shape index (κ3) is 3.50. The number of hydrogen-bond donors (Lipinski definition) is 1. The number of amides is 1. The Morgan fingerprint density at radius 1 is 1.39 bits per heavy atom.